The Labute approximate surface area is 70.0 Å². The molecule has 11 heavy (non-hydrogen) atoms. The second kappa shape index (κ2) is 4.07. The normalized spacial score (nSPS) is 27.8. The van der Waals surface area contributed by atoms with Crippen LogP contribution in [-0.2, 0) is 0 Å². The summed E-state index contributed by atoms with van der Waals surface area (Å²) in [5.41, 5.74) is 0. The van der Waals surface area contributed by atoms with Crippen LogP contribution in [0.25, 0.3) is 0 Å². The summed E-state index contributed by atoms with van der Waals surface area (Å²) < 4.78 is 0. The van der Waals surface area contributed by atoms with Gasteiger partial charge in [0.2, 0.25) is 0 Å². The molecule has 1 aliphatic rings. The van der Waals surface area contributed by atoms with Crippen molar-refractivity contribution < 1.29 is 0 Å². The smallest absolute Gasteiger partial charge is 0.0127 e. The SMILES string of the molecule is CCC(C1CCNC1)N(C)C. The van der Waals surface area contributed by atoms with Crippen molar-refractivity contribution in [3.05, 3.63) is 0 Å². The van der Waals surface area contributed by atoms with Gasteiger partial charge in [0.1, 0.15) is 0 Å². The summed E-state index contributed by atoms with van der Waals surface area (Å²) in [7, 11) is 4.37. The molecule has 0 bridgehead atoms. The van der Waals surface area contributed by atoms with Gasteiger partial charge in [-0.1, -0.05) is 6.92 Å². The van der Waals surface area contributed by atoms with E-state index in [1.54, 1.807) is 0 Å². The molecule has 0 spiro atoms. The molecular formula is C9H20N2. The highest BCUT2D eigenvalue weighted by Crippen LogP contribution is 2.18. The molecule has 0 radical (unpaired) electrons. The molecule has 0 aliphatic carbocycles. The van der Waals surface area contributed by atoms with Crippen molar-refractivity contribution in [1.82, 2.24) is 10.2 Å². The van der Waals surface area contributed by atoms with Crippen molar-refractivity contribution >= 4 is 0 Å². The minimum Gasteiger partial charge on any atom is -0.316 e. The van der Waals surface area contributed by atoms with E-state index in [0.717, 1.165) is 12.0 Å². The van der Waals surface area contributed by atoms with E-state index in [4.69, 9.17) is 0 Å². The number of rotatable bonds is 3. The minimum atomic E-state index is 0.782. The lowest BCUT2D eigenvalue weighted by molar-refractivity contribution is 0.213. The zero-order valence-electron chi connectivity index (χ0n) is 7.93. The topological polar surface area (TPSA) is 15.3 Å². The van der Waals surface area contributed by atoms with Gasteiger partial charge < -0.3 is 10.2 Å². The first-order chi connectivity index (χ1) is 5.25. The van der Waals surface area contributed by atoms with Crippen molar-refractivity contribution in [2.75, 3.05) is 27.2 Å². The van der Waals surface area contributed by atoms with Gasteiger partial charge in [-0.2, -0.15) is 0 Å². The lowest BCUT2D eigenvalue weighted by Crippen LogP contribution is -2.35. The first-order valence-electron chi connectivity index (χ1n) is 4.62. The Hall–Kier alpha value is -0.0800. The lowest BCUT2D eigenvalue weighted by atomic mass is 9.96. The van der Waals surface area contributed by atoms with Gasteiger partial charge in [-0.25, -0.2) is 0 Å². The number of nitrogens with zero attached hydrogens (tertiary/aromatic N) is 1. The fraction of sp³-hybridized carbons (Fsp3) is 1.00. The molecule has 1 fully saturated rings. The van der Waals surface area contributed by atoms with Gasteiger partial charge >= 0.3 is 0 Å². The zero-order valence-corrected chi connectivity index (χ0v) is 7.93. The quantitative estimate of drug-likeness (QED) is 0.654. The Balaban J connectivity index is 2.40. The van der Waals surface area contributed by atoms with Gasteiger partial charge in [-0.05, 0) is 45.9 Å². The van der Waals surface area contributed by atoms with E-state index in [1.165, 1.54) is 25.9 Å². The van der Waals surface area contributed by atoms with Gasteiger partial charge in [0.25, 0.3) is 0 Å². The highest BCUT2D eigenvalue weighted by molar-refractivity contribution is 4.81. The van der Waals surface area contributed by atoms with Crippen molar-refractivity contribution in [3.8, 4) is 0 Å². The Morgan fingerprint density at radius 1 is 1.55 bits per heavy atom. The van der Waals surface area contributed by atoms with Crippen molar-refractivity contribution in [2.45, 2.75) is 25.8 Å². The average molecular weight is 156 g/mol. The molecule has 0 aromatic rings. The van der Waals surface area contributed by atoms with Crippen LogP contribution in [0.5, 0.6) is 0 Å². The highest BCUT2D eigenvalue weighted by atomic mass is 15.1. The van der Waals surface area contributed by atoms with Crippen LogP contribution >= 0.6 is 0 Å². The van der Waals surface area contributed by atoms with E-state index in [9.17, 15) is 0 Å². The first-order valence-corrected chi connectivity index (χ1v) is 4.62. The Bertz CT molecular complexity index is 106. The van der Waals surface area contributed by atoms with Crippen molar-refractivity contribution in [1.29, 1.82) is 0 Å². The maximum Gasteiger partial charge on any atom is 0.0127 e. The standard InChI is InChI=1S/C9H20N2/c1-4-9(11(2)3)8-5-6-10-7-8/h8-10H,4-7H2,1-3H3. The second-order valence-corrected chi connectivity index (χ2v) is 3.69. The van der Waals surface area contributed by atoms with Crippen LogP contribution in [0, 0.1) is 5.92 Å². The molecule has 0 aromatic heterocycles. The van der Waals surface area contributed by atoms with Gasteiger partial charge in [0, 0.05) is 6.04 Å². The summed E-state index contributed by atoms with van der Waals surface area (Å²) in [5, 5.41) is 3.42. The predicted molar refractivity (Wildman–Crippen MR) is 48.7 cm³/mol. The van der Waals surface area contributed by atoms with E-state index in [0.29, 0.717) is 0 Å². The van der Waals surface area contributed by atoms with Crippen LogP contribution in [0.3, 0.4) is 0 Å². The minimum absolute atomic E-state index is 0.782. The maximum atomic E-state index is 3.42. The molecule has 0 saturated carbocycles. The molecule has 1 heterocycles. The monoisotopic (exact) mass is 156 g/mol. The van der Waals surface area contributed by atoms with Crippen LogP contribution in [0.1, 0.15) is 19.8 Å². The summed E-state index contributed by atoms with van der Waals surface area (Å²) in [6.45, 7) is 4.72. The molecule has 2 atom stereocenters. The first kappa shape index (κ1) is 9.01. The Morgan fingerprint density at radius 3 is 2.64 bits per heavy atom. The maximum absolute atomic E-state index is 3.42. The van der Waals surface area contributed by atoms with Crippen LogP contribution in [0.2, 0.25) is 0 Å². The third kappa shape index (κ3) is 2.17. The van der Waals surface area contributed by atoms with Gasteiger partial charge in [-0.15, -0.1) is 0 Å². The van der Waals surface area contributed by atoms with Crippen LogP contribution in [0.4, 0.5) is 0 Å². The summed E-state index contributed by atoms with van der Waals surface area (Å²) in [6.07, 6.45) is 2.63. The fourth-order valence-corrected chi connectivity index (χ4v) is 2.13. The van der Waals surface area contributed by atoms with Gasteiger partial charge in [0.15, 0.2) is 0 Å². The van der Waals surface area contributed by atoms with E-state index >= 15 is 0 Å². The van der Waals surface area contributed by atoms with Gasteiger partial charge in [0.05, 0.1) is 0 Å². The Morgan fingerprint density at radius 2 is 2.27 bits per heavy atom. The summed E-state index contributed by atoms with van der Waals surface area (Å²) in [6, 6.07) is 0.782. The lowest BCUT2D eigenvalue weighted by Gasteiger charge is -2.28. The second-order valence-electron chi connectivity index (χ2n) is 3.69. The number of hydrogen-bond acceptors (Lipinski definition) is 2. The molecule has 1 rings (SSSR count). The molecule has 1 N–H and O–H groups in total. The average Bonchev–Trinajstić information content (AvgIpc) is 2.40. The highest BCUT2D eigenvalue weighted by Gasteiger charge is 2.24. The van der Waals surface area contributed by atoms with E-state index < -0.39 is 0 Å². The Kier molecular flexibility index (Phi) is 3.34. The van der Waals surface area contributed by atoms with Crippen molar-refractivity contribution in [3.63, 3.8) is 0 Å². The molecule has 1 aliphatic heterocycles. The van der Waals surface area contributed by atoms with E-state index in [1.807, 2.05) is 0 Å². The van der Waals surface area contributed by atoms with Crippen LogP contribution in [0.15, 0.2) is 0 Å². The van der Waals surface area contributed by atoms with E-state index in [-0.39, 0.29) is 0 Å². The largest absolute Gasteiger partial charge is 0.316 e. The summed E-state index contributed by atoms with van der Waals surface area (Å²) in [4.78, 5) is 2.36. The molecular weight excluding hydrogens is 136 g/mol. The van der Waals surface area contributed by atoms with E-state index in [2.05, 4.69) is 31.2 Å². The molecule has 2 heteroatoms. The summed E-state index contributed by atoms with van der Waals surface area (Å²) >= 11 is 0. The molecule has 0 aromatic carbocycles. The molecule has 2 nitrogen and oxygen atoms in total. The fourth-order valence-electron chi connectivity index (χ4n) is 2.13. The molecule has 2 unspecified atom stereocenters. The third-order valence-corrected chi connectivity index (χ3v) is 2.72. The number of hydrogen-bond donors (Lipinski definition) is 1. The van der Waals surface area contributed by atoms with Crippen LogP contribution in [-0.4, -0.2) is 38.1 Å². The summed E-state index contributed by atoms with van der Waals surface area (Å²) in [5.74, 6) is 0.884. The van der Waals surface area contributed by atoms with Gasteiger partial charge in [-0.3, -0.25) is 0 Å². The number of nitrogens with one attached hydrogen (secondary N) is 1. The molecule has 1 saturated heterocycles. The predicted octanol–water partition coefficient (Wildman–Crippen LogP) is 0.936. The molecule has 0 amide bonds. The zero-order chi connectivity index (χ0) is 8.27. The third-order valence-electron chi connectivity index (χ3n) is 2.72. The van der Waals surface area contributed by atoms with Crippen LogP contribution < -0.4 is 5.32 Å². The van der Waals surface area contributed by atoms with Crippen molar-refractivity contribution in [2.24, 2.45) is 5.92 Å². The molecule has 66 valence electrons.